The zero-order valence-corrected chi connectivity index (χ0v) is 10.4. The smallest absolute Gasteiger partial charge is 0.338 e. The van der Waals surface area contributed by atoms with Crippen LogP contribution in [0.4, 0.5) is 4.39 Å². The Morgan fingerprint density at radius 2 is 1.89 bits per heavy atom. The fraction of sp³-hybridized carbons (Fsp3) is 0.133. The molecule has 0 bridgehead atoms. The van der Waals surface area contributed by atoms with Crippen molar-refractivity contribution in [3.8, 4) is 5.75 Å². The molecule has 0 aliphatic carbocycles. The molecule has 0 spiro atoms. The van der Waals surface area contributed by atoms with E-state index in [0.717, 1.165) is 11.6 Å². The van der Waals surface area contributed by atoms with Gasteiger partial charge in [0.25, 0.3) is 0 Å². The first-order valence-corrected chi connectivity index (χ1v) is 5.74. The predicted molar refractivity (Wildman–Crippen MR) is 68.5 cm³/mol. The number of methoxy groups -OCH3 is 1. The summed E-state index contributed by atoms with van der Waals surface area (Å²) in [7, 11) is 1.25. The highest BCUT2D eigenvalue weighted by Gasteiger charge is 2.09. The van der Waals surface area contributed by atoms with Gasteiger partial charge in [-0.2, -0.15) is 0 Å². The molecule has 2 aromatic carbocycles. The maximum Gasteiger partial charge on any atom is 0.338 e. The molecule has 2 aromatic rings. The van der Waals surface area contributed by atoms with Gasteiger partial charge in [0, 0.05) is 6.07 Å². The molecule has 0 N–H and O–H groups in total. The molecule has 0 atom stereocenters. The van der Waals surface area contributed by atoms with Gasteiger partial charge in [-0.1, -0.05) is 30.3 Å². The monoisotopic (exact) mass is 260 g/mol. The van der Waals surface area contributed by atoms with E-state index in [1.54, 1.807) is 0 Å². The quantitative estimate of drug-likeness (QED) is 0.792. The minimum Gasteiger partial charge on any atom is -0.489 e. The molecule has 2 rings (SSSR count). The number of carbonyl (C=O) groups is 1. The highest BCUT2D eigenvalue weighted by atomic mass is 19.1. The Morgan fingerprint density at radius 3 is 2.58 bits per heavy atom. The lowest BCUT2D eigenvalue weighted by Crippen LogP contribution is -2.03. The molecule has 19 heavy (non-hydrogen) atoms. The maximum absolute atomic E-state index is 13.4. The Balaban J connectivity index is 2.12. The Bertz CT molecular complexity index is 567. The van der Waals surface area contributed by atoms with Crippen LogP contribution in [0.3, 0.4) is 0 Å². The van der Waals surface area contributed by atoms with E-state index >= 15 is 0 Å². The van der Waals surface area contributed by atoms with Gasteiger partial charge in [-0.15, -0.1) is 0 Å². The van der Waals surface area contributed by atoms with E-state index in [-0.39, 0.29) is 5.56 Å². The van der Waals surface area contributed by atoms with E-state index in [2.05, 4.69) is 4.74 Å². The lowest BCUT2D eigenvalue weighted by molar-refractivity contribution is 0.0599. The highest BCUT2D eigenvalue weighted by molar-refractivity contribution is 5.89. The fourth-order valence-corrected chi connectivity index (χ4v) is 1.62. The summed E-state index contributed by atoms with van der Waals surface area (Å²) < 4.78 is 23.4. The number of hydrogen-bond acceptors (Lipinski definition) is 3. The van der Waals surface area contributed by atoms with Crippen LogP contribution in [0.2, 0.25) is 0 Å². The van der Waals surface area contributed by atoms with Crippen molar-refractivity contribution < 1.29 is 18.7 Å². The van der Waals surface area contributed by atoms with Crippen LogP contribution >= 0.6 is 0 Å². The van der Waals surface area contributed by atoms with Gasteiger partial charge >= 0.3 is 5.97 Å². The van der Waals surface area contributed by atoms with Crippen molar-refractivity contribution in [2.75, 3.05) is 7.11 Å². The molecule has 0 unspecified atom stereocenters. The minimum absolute atomic E-state index is 0.130. The van der Waals surface area contributed by atoms with Crippen molar-refractivity contribution in [3.63, 3.8) is 0 Å². The Labute approximate surface area is 110 Å². The summed E-state index contributed by atoms with van der Waals surface area (Å²) >= 11 is 0. The average Bonchev–Trinajstić information content (AvgIpc) is 2.45. The zero-order chi connectivity index (χ0) is 13.7. The predicted octanol–water partition coefficient (Wildman–Crippen LogP) is 3.19. The Hall–Kier alpha value is -2.36. The highest BCUT2D eigenvalue weighted by Crippen LogP contribution is 2.18. The average molecular weight is 260 g/mol. The minimum atomic E-state index is -0.593. The topological polar surface area (TPSA) is 35.5 Å². The van der Waals surface area contributed by atoms with Crippen LogP contribution < -0.4 is 4.74 Å². The van der Waals surface area contributed by atoms with Gasteiger partial charge in [0.05, 0.1) is 12.7 Å². The third-order valence-electron chi connectivity index (χ3n) is 2.54. The second-order valence-corrected chi connectivity index (χ2v) is 3.94. The molecule has 4 heteroatoms. The van der Waals surface area contributed by atoms with Gasteiger partial charge < -0.3 is 9.47 Å². The standard InChI is InChI=1S/C15H13FO3/c1-18-15(17)12-7-13(16)9-14(8-12)19-10-11-5-3-2-4-6-11/h2-9H,10H2,1H3. The van der Waals surface area contributed by atoms with Gasteiger partial charge in [0.15, 0.2) is 0 Å². The second-order valence-electron chi connectivity index (χ2n) is 3.94. The van der Waals surface area contributed by atoms with Crippen molar-refractivity contribution in [1.82, 2.24) is 0 Å². The van der Waals surface area contributed by atoms with Crippen LogP contribution in [0, 0.1) is 5.82 Å². The number of esters is 1. The lowest BCUT2D eigenvalue weighted by Gasteiger charge is -2.08. The van der Waals surface area contributed by atoms with E-state index in [1.165, 1.54) is 19.2 Å². The molecule has 0 saturated heterocycles. The van der Waals surface area contributed by atoms with Gasteiger partial charge in [-0.25, -0.2) is 9.18 Å². The van der Waals surface area contributed by atoms with Crippen LogP contribution in [0.1, 0.15) is 15.9 Å². The largest absolute Gasteiger partial charge is 0.489 e. The van der Waals surface area contributed by atoms with Gasteiger partial charge in [-0.05, 0) is 17.7 Å². The summed E-state index contributed by atoms with van der Waals surface area (Å²) in [5, 5.41) is 0. The first-order chi connectivity index (χ1) is 9.19. The third kappa shape index (κ3) is 3.55. The van der Waals surface area contributed by atoms with Gasteiger partial charge in [-0.3, -0.25) is 0 Å². The first kappa shape index (κ1) is 13.1. The number of benzene rings is 2. The number of rotatable bonds is 4. The molecule has 0 heterocycles. The van der Waals surface area contributed by atoms with E-state index in [1.807, 2.05) is 30.3 Å². The normalized spacial score (nSPS) is 10.0. The summed E-state index contributed by atoms with van der Waals surface area (Å²) in [6.45, 7) is 0.310. The van der Waals surface area contributed by atoms with Gasteiger partial charge in [0.2, 0.25) is 0 Å². The number of ether oxygens (including phenoxy) is 2. The van der Waals surface area contributed by atoms with E-state index in [9.17, 15) is 9.18 Å². The number of carbonyl (C=O) groups excluding carboxylic acids is 1. The van der Waals surface area contributed by atoms with Crippen molar-refractivity contribution >= 4 is 5.97 Å². The van der Waals surface area contributed by atoms with Crippen LogP contribution in [0.25, 0.3) is 0 Å². The van der Waals surface area contributed by atoms with Crippen LogP contribution in [0.15, 0.2) is 48.5 Å². The second kappa shape index (κ2) is 6.00. The fourth-order valence-electron chi connectivity index (χ4n) is 1.62. The molecule has 98 valence electrons. The van der Waals surface area contributed by atoms with Crippen LogP contribution in [0.5, 0.6) is 5.75 Å². The molecule has 0 fully saturated rings. The van der Waals surface area contributed by atoms with Crippen molar-refractivity contribution in [1.29, 1.82) is 0 Å². The summed E-state index contributed by atoms with van der Waals surface area (Å²) in [5.41, 5.74) is 1.09. The van der Waals surface area contributed by atoms with Crippen molar-refractivity contribution in [2.45, 2.75) is 6.61 Å². The Kier molecular flexibility index (Phi) is 4.13. The third-order valence-corrected chi connectivity index (χ3v) is 2.54. The summed E-state index contributed by atoms with van der Waals surface area (Å²) in [4.78, 5) is 11.3. The van der Waals surface area contributed by atoms with Crippen LogP contribution in [-0.2, 0) is 11.3 Å². The van der Waals surface area contributed by atoms with Crippen molar-refractivity contribution in [3.05, 3.63) is 65.5 Å². The maximum atomic E-state index is 13.4. The SMILES string of the molecule is COC(=O)c1cc(F)cc(OCc2ccccc2)c1. The summed E-state index contributed by atoms with van der Waals surface area (Å²) in [5.74, 6) is -0.834. The van der Waals surface area contributed by atoms with Crippen molar-refractivity contribution in [2.24, 2.45) is 0 Å². The Morgan fingerprint density at radius 1 is 1.16 bits per heavy atom. The molecule has 0 saturated carbocycles. The van der Waals surface area contributed by atoms with E-state index < -0.39 is 11.8 Å². The molecule has 0 aliphatic rings. The molecule has 3 nitrogen and oxygen atoms in total. The van der Waals surface area contributed by atoms with Crippen LogP contribution in [-0.4, -0.2) is 13.1 Å². The number of halogens is 1. The molecule has 0 aliphatic heterocycles. The molecule has 0 amide bonds. The molecule has 0 radical (unpaired) electrons. The first-order valence-electron chi connectivity index (χ1n) is 5.74. The van der Waals surface area contributed by atoms with Gasteiger partial charge in [0.1, 0.15) is 18.2 Å². The summed E-state index contributed by atoms with van der Waals surface area (Å²) in [6.07, 6.45) is 0. The lowest BCUT2D eigenvalue weighted by atomic mass is 10.2. The van der Waals surface area contributed by atoms with E-state index in [4.69, 9.17) is 4.74 Å². The summed E-state index contributed by atoms with van der Waals surface area (Å²) in [6, 6.07) is 13.3. The molecule has 0 aromatic heterocycles. The zero-order valence-electron chi connectivity index (χ0n) is 10.4. The molecular weight excluding hydrogens is 247 g/mol. The number of hydrogen-bond donors (Lipinski definition) is 0. The molecular formula is C15H13FO3. The van der Waals surface area contributed by atoms with E-state index in [0.29, 0.717) is 12.4 Å².